The molecule has 1 N–H and O–H groups in total. The maximum atomic E-state index is 10.8. The molecule has 1 unspecified atom stereocenters. The Morgan fingerprint density at radius 1 is 1.58 bits per heavy atom. The highest BCUT2D eigenvalue weighted by atomic mass is 16.6. The Kier molecular flexibility index (Phi) is 4.34. The Morgan fingerprint density at radius 2 is 2.37 bits per heavy atom. The Morgan fingerprint density at radius 3 is 3.00 bits per heavy atom. The molecule has 0 aromatic heterocycles. The largest absolute Gasteiger partial charge is 0.374 e. The minimum atomic E-state index is -0.366. The van der Waals surface area contributed by atoms with Crippen LogP contribution in [0.5, 0.6) is 0 Å². The normalized spacial score (nSPS) is 19.2. The Labute approximate surface area is 112 Å². The van der Waals surface area contributed by atoms with Gasteiger partial charge in [-0.3, -0.25) is 10.1 Å². The number of nitrogens with zero attached hydrogens (tertiary/aromatic N) is 2. The molecular formula is C13H19N3O3. The molecule has 6 heteroatoms. The van der Waals surface area contributed by atoms with E-state index in [1.54, 1.807) is 12.1 Å². The van der Waals surface area contributed by atoms with E-state index >= 15 is 0 Å². The molecule has 0 amide bonds. The van der Waals surface area contributed by atoms with Gasteiger partial charge in [0.05, 0.1) is 17.6 Å². The van der Waals surface area contributed by atoms with Gasteiger partial charge in [0.25, 0.3) is 5.69 Å². The molecule has 104 valence electrons. The molecule has 1 saturated heterocycles. The smallest absolute Gasteiger partial charge is 0.271 e. The van der Waals surface area contributed by atoms with E-state index in [1.165, 1.54) is 6.07 Å². The molecule has 6 nitrogen and oxygen atoms in total. The van der Waals surface area contributed by atoms with E-state index in [0.717, 1.165) is 30.9 Å². The highest BCUT2D eigenvalue weighted by molar-refractivity contribution is 5.58. The molecule has 1 aromatic rings. The molecule has 1 aliphatic heterocycles. The number of aryl methyl sites for hydroxylation is 1. The number of ether oxygens (including phenoxy) is 1. The number of benzene rings is 1. The average molecular weight is 265 g/mol. The zero-order valence-corrected chi connectivity index (χ0v) is 11.3. The van der Waals surface area contributed by atoms with Gasteiger partial charge in [0.2, 0.25) is 0 Å². The van der Waals surface area contributed by atoms with Gasteiger partial charge in [-0.1, -0.05) is 6.07 Å². The van der Waals surface area contributed by atoms with Crippen LogP contribution in [0, 0.1) is 17.0 Å². The molecule has 0 saturated carbocycles. The van der Waals surface area contributed by atoms with Crippen LogP contribution in [0.2, 0.25) is 0 Å². The maximum Gasteiger partial charge on any atom is 0.271 e. The molecule has 2 rings (SSSR count). The van der Waals surface area contributed by atoms with Crippen LogP contribution in [0.4, 0.5) is 11.4 Å². The molecule has 19 heavy (non-hydrogen) atoms. The highest BCUT2D eigenvalue weighted by Crippen LogP contribution is 2.25. The third kappa shape index (κ3) is 3.42. The van der Waals surface area contributed by atoms with Gasteiger partial charge < -0.3 is 15.0 Å². The molecule has 0 spiro atoms. The summed E-state index contributed by atoms with van der Waals surface area (Å²) in [6, 6.07) is 4.93. The minimum absolute atomic E-state index is 0.120. The quantitative estimate of drug-likeness (QED) is 0.657. The molecule has 1 aliphatic rings. The van der Waals surface area contributed by atoms with Gasteiger partial charge in [0.15, 0.2) is 0 Å². The lowest BCUT2D eigenvalue weighted by molar-refractivity contribution is -0.384. The van der Waals surface area contributed by atoms with Crippen molar-refractivity contribution in [3.8, 4) is 0 Å². The number of likely N-dealkylation sites (N-methyl/N-ethyl adjacent to an activating group) is 1. The van der Waals surface area contributed by atoms with E-state index in [1.807, 2.05) is 18.9 Å². The number of anilines is 1. The summed E-state index contributed by atoms with van der Waals surface area (Å²) in [7, 11) is 1.93. The number of hydrogen-bond acceptors (Lipinski definition) is 5. The fourth-order valence-electron chi connectivity index (χ4n) is 2.26. The molecule has 1 aromatic carbocycles. The number of nitro groups is 1. The highest BCUT2D eigenvalue weighted by Gasteiger charge is 2.18. The van der Waals surface area contributed by atoms with E-state index in [2.05, 4.69) is 5.32 Å². The first-order valence-corrected chi connectivity index (χ1v) is 6.36. The summed E-state index contributed by atoms with van der Waals surface area (Å²) in [5.41, 5.74) is 2.02. The van der Waals surface area contributed by atoms with E-state index in [4.69, 9.17) is 4.74 Å². The second-order valence-electron chi connectivity index (χ2n) is 4.81. The zero-order chi connectivity index (χ0) is 13.8. The van der Waals surface area contributed by atoms with Gasteiger partial charge in [-0.25, -0.2) is 0 Å². The number of hydrogen-bond donors (Lipinski definition) is 1. The van der Waals surface area contributed by atoms with Gasteiger partial charge in [0.1, 0.15) is 0 Å². The van der Waals surface area contributed by atoms with Crippen molar-refractivity contribution in [2.45, 2.75) is 13.0 Å². The molecule has 1 atom stereocenters. The second kappa shape index (κ2) is 5.99. The van der Waals surface area contributed by atoms with Crippen LogP contribution in [0.3, 0.4) is 0 Å². The van der Waals surface area contributed by atoms with E-state index in [9.17, 15) is 10.1 Å². The summed E-state index contributed by atoms with van der Waals surface area (Å²) >= 11 is 0. The van der Waals surface area contributed by atoms with Crippen molar-refractivity contribution in [2.24, 2.45) is 0 Å². The van der Waals surface area contributed by atoms with Crippen LogP contribution in [-0.2, 0) is 4.74 Å². The number of rotatable bonds is 4. The van der Waals surface area contributed by atoms with E-state index in [0.29, 0.717) is 6.61 Å². The van der Waals surface area contributed by atoms with Crippen molar-refractivity contribution in [1.29, 1.82) is 0 Å². The van der Waals surface area contributed by atoms with Crippen LogP contribution < -0.4 is 10.2 Å². The van der Waals surface area contributed by atoms with Gasteiger partial charge in [-0.2, -0.15) is 0 Å². The molecule has 0 aliphatic carbocycles. The Bertz CT molecular complexity index is 458. The predicted octanol–water partition coefficient (Wildman–Crippen LogP) is 1.33. The SMILES string of the molecule is Cc1ccc([N+](=O)[O-])cc1N(C)CC1CNCCO1. The van der Waals surface area contributed by atoms with Gasteiger partial charge >= 0.3 is 0 Å². The fourth-order valence-corrected chi connectivity index (χ4v) is 2.26. The van der Waals surface area contributed by atoms with Crippen molar-refractivity contribution in [3.63, 3.8) is 0 Å². The van der Waals surface area contributed by atoms with E-state index < -0.39 is 0 Å². The lowest BCUT2D eigenvalue weighted by Gasteiger charge is -2.29. The first-order valence-electron chi connectivity index (χ1n) is 6.36. The summed E-state index contributed by atoms with van der Waals surface area (Å²) < 4.78 is 5.65. The predicted molar refractivity (Wildman–Crippen MR) is 73.7 cm³/mol. The monoisotopic (exact) mass is 265 g/mol. The van der Waals surface area contributed by atoms with Crippen molar-refractivity contribution < 1.29 is 9.66 Å². The second-order valence-corrected chi connectivity index (χ2v) is 4.81. The third-order valence-electron chi connectivity index (χ3n) is 3.30. The molecule has 1 fully saturated rings. The van der Waals surface area contributed by atoms with Crippen LogP contribution in [0.15, 0.2) is 18.2 Å². The number of nitrogens with one attached hydrogen (secondary N) is 1. The first-order chi connectivity index (χ1) is 9.08. The summed E-state index contributed by atoms with van der Waals surface area (Å²) in [4.78, 5) is 12.5. The average Bonchev–Trinajstić information content (AvgIpc) is 2.40. The van der Waals surface area contributed by atoms with Crippen LogP contribution in [0.25, 0.3) is 0 Å². The summed E-state index contributed by atoms with van der Waals surface area (Å²) in [6.07, 6.45) is 0.123. The topological polar surface area (TPSA) is 67.6 Å². The minimum Gasteiger partial charge on any atom is -0.374 e. The van der Waals surface area contributed by atoms with Crippen LogP contribution in [-0.4, -0.2) is 44.3 Å². The zero-order valence-electron chi connectivity index (χ0n) is 11.3. The number of nitro benzene ring substituents is 1. The lowest BCUT2D eigenvalue weighted by Crippen LogP contribution is -2.44. The molecular weight excluding hydrogens is 246 g/mol. The molecule has 0 bridgehead atoms. The van der Waals surface area contributed by atoms with Crippen molar-refractivity contribution in [1.82, 2.24) is 5.32 Å². The fraction of sp³-hybridized carbons (Fsp3) is 0.538. The summed E-state index contributed by atoms with van der Waals surface area (Å²) in [5, 5.41) is 14.1. The van der Waals surface area contributed by atoms with Crippen LogP contribution >= 0.6 is 0 Å². The van der Waals surface area contributed by atoms with Crippen molar-refractivity contribution in [2.75, 3.05) is 38.2 Å². The molecule has 0 radical (unpaired) electrons. The number of morpholine rings is 1. The van der Waals surface area contributed by atoms with Gasteiger partial charge in [0, 0.05) is 44.5 Å². The van der Waals surface area contributed by atoms with Gasteiger partial charge in [-0.05, 0) is 12.5 Å². The standard InChI is InChI=1S/C13H19N3O3/c1-10-3-4-11(16(17)18)7-13(10)15(2)9-12-8-14-5-6-19-12/h3-4,7,12,14H,5-6,8-9H2,1-2H3. The van der Waals surface area contributed by atoms with E-state index in [-0.39, 0.29) is 16.7 Å². The summed E-state index contributed by atoms with van der Waals surface area (Å²) in [6.45, 7) is 5.09. The number of non-ortho nitro benzene ring substituents is 1. The van der Waals surface area contributed by atoms with Crippen molar-refractivity contribution >= 4 is 11.4 Å². The Balaban J connectivity index is 2.10. The van der Waals surface area contributed by atoms with Gasteiger partial charge in [-0.15, -0.1) is 0 Å². The maximum absolute atomic E-state index is 10.8. The third-order valence-corrected chi connectivity index (χ3v) is 3.30. The lowest BCUT2D eigenvalue weighted by atomic mass is 10.1. The Hall–Kier alpha value is -1.66. The van der Waals surface area contributed by atoms with Crippen molar-refractivity contribution in [3.05, 3.63) is 33.9 Å². The molecule has 1 heterocycles. The van der Waals surface area contributed by atoms with Crippen LogP contribution in [0.1, 0.15) is 5.56 Å². The summed E-state index contributed by atoms with van der Waals surface area (Å²) in [5.74, 6) is 0. The first kappa shape index (κ1) is 13.8.